The third kappa shape index (κ3) is 5.83. The fourth-order valence-electron chi connectivity index (χ4n) is 3.20. The number of amides is 1. The number of carbonyl (C=O) groups is 1. The molecule has 0 saturated heterocycles. The number of nitrogens with one attached hydrogen (secondary N) is 1. The number of benzene rings is 2. The van der Waals surface area contributed by atoms with Crippen LogP contribution in [-0.4, -0.2) is 10.9 Å². The lowest BCUT2D eigenvalue weighted by Gasteiger charge is -2.07. The number of furan rings is 1. The van der Waals surface area contributed by atoms with Crippen molar-refractivity contribution < 1.29 is 26.8 Å². The standard InChI is InChI=1S/C25H15F4N3O2S/c26-21-7-2-1-6-20(21)22-9-8-18(34-22)12-16(13-30)23(33)32-24-31-14-19(35-24)11-15-4-3-5-17(10-15)25(27,28)29/h1-10,12,14H,11H2,(H,31,32,33). The SMILES string of the molecule is N#CC(=Cc1ccc(-c2ccccc2F)o1)C(=O)Nc1ncc(Cc2cccc(C(F)(F)F)c2)s1. The molecular weight excluding hydrogens is 482 g/mol. The number of aromatic nitrogens is 1. The van der Waals surface area contributed by atoms with Gasteiger partial charge < -0.3 is 4.42 Å². The summed E-state index contributed by atoms with van der Waals surface area (Å²) < 4.78 is 58.2. The predicted molar refractivity (Wildman–Crippen MR) is 123 cm³/mol. The van der Waals surface area contributed by atoms with Crippen LogP contribution in [0, 0.1) is 17.1 Å². The first-order valence-electron chi connectivity index (χ1n) is 10.1. The minimum atomic E-state index is -4.44. The number of nitrogens with zero attached hydrogens (tertiary/aromatic N) is 2. The largest absolute Gasteiger partial charge is 0.457 e. The molecule has 35 heavy (non-hydrogen) atoms. The molecule has 0 unspecified atom stereocenters. The predicted octanol–water partition coefficient (Wildman–Crippen LogP) is 6.70. The van der Waals surface area contributed by atoms with Crippen LogP contribution in [0.1, 0.15) is 21.8 Å². The van der Waals surface area contributed by atoms with E-state index in [0.29, 0.717) is 10.4 Å². The molecule has 2 heterocycles. The van der Waals surface area contributed by atoms with Crippen LogP contribution >= 0.6 is 11.3 Å². The molecule has 0 atom stereocenters. The molecule has 4 aromatic rings. The number of halogens is 4. The van der Waals surface area contributed by atoms with Crippen LogP contribution in [0.15, 0.2) is 76.9 Å². The summed E-state index contributed by atoms with van der Waals surface area (Å²) in [5, 5.41) is 12.1. The van der Waals surface area contributed by atoms with Gasteiger partial charge in [-0.2, -0.15) is 18.4 Å². The molecule has 0 fully saturated rings. The maximum atomic E-state index is 13.9. The fourth-order valence-corrected chi connectivity index (χ4v) is 4.04. The molecule has 2 aromatic carbocycles. The van der Waals surface area contributed by atoms with Gasteiger partial charge in [-0.3, -0.25) is 10.1 Å². The van der Waals surface area contributed by atoms with E-state index in [9.17, 15) is 27.6 Å². The van der Waals surface area contributed by atoms with Gasteiger partial charge in [0.2, 0.25) is 0 Å². The van der Waals surface area contributed by atoms with Gasteiger partial charge in [-0.1, -0.05) is 30.3 Å². The summed E-state index contributed by atoms with van der Waals surface area (Å²) in [6.07, 6.45) is -1.57. The number of thiazole rings is 1. The summed E-state index contributed by atoms with van der Waals surface area (Å²) in [7, 11) is 0. The van der Waals surface area contributed by atoms with Gasteiger partial charge in [-0.15, -0.1) is 11.3 Å². The van der Waals surface area contributed by atoms with Gasteiger partial charge in [0.15, 0.2) is 5.13 Å². The molecule has 1 amide bonds. The Hall–Kier alpha value is -4.23. The van der Waals surface area contributed by atoms with E-state index in [1.54, 1.807) is 30.3 Å². The summed E-state index contributed by atoms with van der Waals surface area (Å²) in [4.78, 5) is 17.2. The third-order valence-electron chi connectivity index (χ3n) is 4.82. The zero-order valence-corrected chi connectivity index (χ0v) is 18.6. The first kappa shape index (κ1) is 23.9. The van der Waals surface area contributed by atoms with E-state index in [-0.39, 0.29) is 34.2 Å². The second-order valence-corrected chi connectivity index (χ2v) is 8.43. The Morgan fingerprint density at radius 2 is 1.94 bits per heavy atom. The van der Waals surface area contributed by atoms with Gasteiger partial charge >= 0.3 is 6.18 Å². The molecule has 0 radical (unpaired) electrons. The van der Waals surface area contributed by atoms with E-state index in [2.05, 4.69) is 10.3 Å². The van der Waals surface area contributed by atoms with Gasteiger partial charge in [0.25, 0.3) is 5.91 Å². The third-order valence-corrected chi connectivity index (χ3v) is 5.74. The molecule has 2 aromatic heterocycles. The van der Waals surface area contributed by atoms with E-state index in [0.717, 1.165) is 23.5 Å². The molecule has 0 bridgehead atoms. The van der Waals surface area contributed by atoms with E-state index in [1.807, 2.05) is 0 Å². The first-order chi connectivity index (χ1) is 16.7. The van der Waals surface area contributed by atoms with Crippen LogP contribution in [0.4, 0.5) is 22.7 Å². The highest BCUT2D eigenvalue weighted by molar-refractivity contribution is 7.15. The van der Waals surface area contributed by atoms with Crippen molar-refractivity contribution in [3.8, 4) is 17.4 Å². The highest BCUT2D eigenvalue weighted by atomic mass is 32.1. The first-order valence-corrected chi connectivity index (χ1v) is 10.9. The number of carbonyl (C=O) groups excluding carboxylic acids is 1. The lowest BCUT2D eigenvalue weighted by Crippen LogP contribution is -2.13. The molecule has 0 saturated carbocycles. The van der Waals surface area contributed by atoms with Crippen molar-refractivity contribution in [1.29, 1.82) is 5.26 Å². The summed E-state index contributed by atoms with van der Waals surface area (Å²) in [6.45, 7) is 0. The Labute approximate surface area is 201 Å². The normalized spacial score (nSPS) is 11.8. The number of rotatable bonds is 6. The summed E-state index contributed by atoms with van der Waals surface area (Å²) in [5.41, 5.74) is -0.323. The van der Waals surface area contributed by atoms with Crippen molar-refractivity contribution in [3.63, 3.8) is 0 Å². The number of hydrogen-bond donors (Lipinski definition) is 1. The van der Waals surface area contributed by atoms with E-state index in [4.69, 9.17) is 4.42 Å². The molecule has 0 aliphatic rings. The Balaban J connectivity index is 1.45. The molecule has 10 heteroatoms. The summed E-state index contributed by atoms with van der Waals surface area (Å²) in [6, 6.07) is 15.8. The molecular formula is C25H15F4N3O2S. The fraction of sp³-hybridized carbons (Fsp3) is 0.0800. The van der Waals surface area contributed by atoms with E-state index < -0.39 is 23.5 Å². The van der Waals surface area contributed by atoms with Gasteiger partial charge in [0, 0.05) is 23.6 Å². The molecule has 0 aliphatic heterocycles. The van der Waals surface area contributed by atoms with Crippen molar-refractivity contribution in [3.05, 3.63) is 100 Å². The molecule has 176 valence electrons. The molecule has 5 nitrogen and oxygen atoms in total. The number of anilines is 1. The minimum absolute atomic E-state index is 0.180. The van der Waals surface area contributed by atoms with Crippen LogP contribution in [0.25, 0.3) is 17.4 Å². The number of hydrogen-bond acceptors (Lipinski definition) is 5. The van der Waals surface area contributed by atoms with Gasteiger partial charge in [0.1, 0.15) is 29.0 Å². The van der Waals surface area contributed by atoms with Crippen molar-refractivity contribution in [1.82, 2.24) is 4.98 Å². The van der Waals surface area contributed by atoms with Crippen molar-refractivity contribution >= 4 is 28.5 Å². The smallest absolute Gasteiger partial charge is 0.416 e. The van der Waals surface area contributed by atoms with Gasteiger partial charge in [-0.05, 0) is 35.9 Å². The second kappa shape index (κ2) is 9.95. The van der Waals surface area contributed by atoms with Gasteiger partial charge in [0.05, 0.1) is 11.1 Å². The number of nitriles is 1. The minimum Gasteiger partial charge on any atom is -0.457 e. The van der Waals surface area contributed by atoms with Crippen molar-refractivity contribution in [2.75, 3.05) is 5.32 Å². The summed E-state index contributed by atoms with van der Waals surface area (Å²) in [5.74, 6) is -0.790. The van der Waals surface area contributed by atoms with Crippen LogP contribution in [0.3, 0.4) is 0 Å². The van der Waals surface area contributed by atoms with Crippen LogP contribution < -0.4 is 5.32 Å². The average Bonchev–Trinajstić information content (AvgIpc) is 3.47. The average molecular weight is 497 g/mol. The zero-order valence-electron chi connectivity index (χ0n) is 17.8. The molecule has 4 rings (SSSR count). The van der Waals surface area contributed by atoms with E-state index >= 15 is 0 Å². The molecule has 0 spiro atoms. The Morgan fingerprint density at radius 3 is 2.69 bits per heavy atom. The van der Waals surface area contributed by atoms with Crippen LogP contribution in [-0.2, 0) is 17.4 Å². The summed E-state index contributed by atoms with van der Waals surface area (Å²) >= 11 is 1.08. The zero-order chi connectivity index (χ0) is 25.0. The van der Waals surface area contributed by atoms with E-state index in [1.165, 1.54) is 36.5 Å². The van der Waals surface area contributed by atoms with Crippen LogP contribution in [0.5, 0.6) is 0 Å². The monoisotopic (exact) mass is 497 g/mol. The van der Waals surface area contributed by atoms with Crippen LogP contribution in [0.2, 0.25) is 0 Å². The maximum absolute atomic E-state index is 13.9. The molecule has 1 N–H and O–H groups in total. The lowest BCUT2D eigenvalue weighted by atomic mass is 10.1. The van der Waals surface area contributed by atoms with Crippen molar-refractivity contribution in [2.24, 2.45) is 0 Å². The highest BCUT2D eigenvalue weighted by Gasteiger charge is 2.30. The Bertz CT molecular complexity index is 1450. The number of alkyl halides is 3. The van der Waals surface area contributed by atoms with Crippen molar-refractivity contribution in [2.45, 2.75) is 12.6 Å². The lowest BCUT2D eigenvalue weighted by molar-refractivity contribution is -0.137. The maximum Gasteiger partial charge on any atom is 0.416 e. The topological polar surface area (TPSA) is 78.9 Å². The van der Waals surface area contributed by atoms with Gasteiger partial charge in [-0.25, -0.2) is 9.37 Å². The Morgan fingerprint density at radius 1 is 1.14 bits per heavy atom. The molecule has 0 aliphatic carbocycles. The highest BCUT2D eigenvalue weighted by Crippen LogP contribution is 2.31. The Kier molecular flexibility index (Phi) is 6.80. The second-order valence-electron chi connectivity index (χ2n) is 7.31. The quantitative estimate of drug-likeness (QED) is 0.183.